The van der Waals surface area contributed by atoms with Crippen molar-refractivity contribution in [3.8, 4) is 17.1 Å². The van der Waals surface area contributed by atoms with Gasteiger partial charge in [0.1, 0.15) is 18.4 Å². The van der Waals surface area contributed by atoms with Gasteiger partial charge >= 0.3 is 6.09 Å². The van der Waals surface area contributed by atoms with Gasteiger partial charge in [0.15, 0.2) is 5.65 Å². The summed E-state index contributed by atoms with van der Waals surface area (Å²) in [6.45, 7) is 8.69. The van der Waals surface area contributed by atoms with Gasteiger partial charge in [0.05, 0.1) is 23.0 Å². The van der Waals surface area contributed by atoms with Crippen LogP contribution in [0.4, 0.5) is 16.4 Å². The highest BCUT2D eigenvalue weighted by molar-refractivity contribution is 6.33. The number of hydrogen-bond donors (Lipinski definition) is 2. The molecule has 12 nitrogen and oxygen atoms in total. The summed E-state index contributed by atoms with van der Waals surface area (Å²) in [5, 5.41) is 11.2. The molecule has 1 amide bonds. The summed E-state index contributed by atoms with van der Waals surface area (Å²) < 4.78 is 21.5. The Bertz CT molecular complexity index is 1480. The number of rotatable bonds is 11. The van der Waals surface area contributed by atoms with E-state index in [2.05, 4.69) is 27.3 Å². The lowest BCUT2D eigenvalue weighted by molar-refractivity contribution is 0.0358. The molecule has 5 rings (SSSR count). The first-order valence-corrected chi connectivity index (χ1v) is 15.4. The maximum absolute atomic E-state index is 12.2. The molecule has 0 spiro atoms. The Morgan fingerprint density at radius 3 is 2.71 bits per heavy atom. The molecule has 13 heteroatoms. The van der Waals surface area contributed by atoms with E-state index in [0.717, 1.165) is 37.9 Å². The van der Waals surface area contributed by atoms with Crippen LogP contribution in [-0.4, -0.2) is 69.3 Å². The molecule has 2 N–H and O–H groups in total. The number of aromatic nitrogens is 6. The van der Waals surface area contributed by atoms with Crippen molar-refractivity contribution < 1.29 is 19.0 Å². The highest BCUT2D eigenvalue weighted by Crippen LogP contribution is 2.38. The molecule has 0 atom stereocenters. The number of anilines is 2. The summed E-state index contributed by atoms with van der Waals surface area (Å²) in [4.78, 5) is 26.5. The van der Waals surface area contributed by atoms with E-state index in [-0.39, 0.29) is 12.1 Å². The standard InChI is InChI=1S/C28H36N8O4Si/c1-28(2,3)40-27(37)32-18-12-20(13-18)39-25-23-21(22-8-6-7-9-29-22)16-36(17-38-10-11-41-5)24(23)33-26(34-25)31-19-14-30-35(4)15-19/h6-9,14-16,18,20H,10-13,17H2,1-5H3,(H,32,37)(H,31,33,34). The van der Waals surface area contributed by atoms with Crippen molar-refractivity contribution in [3.05, 3.63) is 43.0 Å². The van der Waals surface area contributed by atoms with Crippen LogP contribution < -0.4 is 15.4 Å². The highest BCUT2D eigenvalue weighted by Gasteiger charge is 2.34. The summed E-state index contributed by atoms with van der Waals surface area (Å²) in [7, 11) is 2.67. The largest absolute Gasteiger partial charge is 0.474 e. The fourth-order valence-corrected chi connectivity index (χ4v) is 4.82. The van der Waals surface area contributed by atoms with Crippen molar-refractivity contribution in [1.29, 1.82) is 0 Å². The molecule has 4 aromatic rings. The van der Waals surface area contributed by atoms with Crippen LogP contribution in [0, 0.1) is 0 Å². The minimum atomic E-state index is -0.552. The van der Waals surface area contributed by atoms with Crippen molar-refractivity contribution in [2.24, 2.45) is 7.05 Å². The van der Waals surface area contributed by atoms with E-state index in [1.165, 1.54) is 0 Å². The third-order valence-electron chi connectivity index (χ3n) is 6.41. The number of pyridine rings is 1. The molecule has 1 fully saturated rings. The molecule has 216 valence electrons. The van der Waals surface area contributed by atoms with Crippen LogP contribution in [0.15, 0.2) is 43.0 Å². The number of fused-ring (bicyclic) bond motifs is 1. The molecule has 41 heavy (non-hydrogen) atoms. The van der Waals surface area contributed by atoms with Crippen molar-refractivity contribution in [2.45, 2.75) is 70.7 Å². The normalized spacial score (nSPS) is 16.8. The number of alkyl carbamates (subject to hydrolysis) is 1. The second-order valence-electron chi connectivity index (χ2n) is 11.0. The summed E-state index contributed by atoms with van der Waals surface area (Å²) in [5.41, 5.74) is 2.51. The number of hydrogen-bond acceptors (Lipinski definition) is 9. The van der Waals surface area contributed by atoms with Gasteiger partial charge in [-0.05, 0) is 38.9 Å². The summed E-state index contributed by atoms with van der Waals surface area (Å²) in [6.07, 6.45) is 8.01. The first kappa shape index (κ1) is 28.6. The Balaban J connectivity index is 1.46. The van der Waals surface area contributed by atoms with Crippen LogP contribution in [0.5, 0.6) is 5.88 Å². The number of amides is 1. The number of nitrogens with one attached hydrogen (secondary N) is 2. The Morgan fingerprint density at radius 1 is 1.20 bits per heavy atom. The Morgan fingerprint density at radius 2 is 2.02 bits per heavy atom. The van der Waals surface area contributed by atoms with Crippen LogP contribution in [0.25, 0.3) is 22.3 Å². The molecule has 0 saturated heterocycles. The van der Waals surface area contributed by atoms with E-state index >= 15 is 0 Å². The van der Waals surface area contributed by atoms with Crippen molar-refractivity contribution in [2.75, 3.05) is 11.9 Å². The van der Waals surface area contributed by atoms with E-state index in [4.69, 9.17) is 24.2 Å². The van der Waals surface area contributed by atoms with Gasteiger partial charge in [-0.15, -0.1) is 0 Å². The monoisotopic (exact) mass is 576 g/mol. The first-order valence-electron chi connectivity index (χ1n) is 13.6. The van der Waals surface area contributed by atoms with E-state index < -0.39 is 11.7 Å². The Labute approximate surface area is 241 Å². The van der Waals surface area contributed by atoms with Crippen LogP contribution in [0.2, 0.25) is 12.6 Å². The average molecular weight is 577 g/mol. The maximum atomic E-state index is 12.2. The van der Waals surface area contributed by atoms with Crippen molar-refractivity contribution in [1.82, 2.24) is 34.6 Å². The molecule has 4 aromatic heterocycles. The van der Waals surface area contributed by atoms with Crippen molar-refractivity contribution in [3.63, 3.8) is 0 Å². The fraction of sp³-hybridized carbons (Fsp3) is 0.464. The van der Waals surface area contributed by atoms with Gasteiger partial charge in [-0.25, -0.2) is 4.79 Å². The molecule has 2 radical (unpaired) electrons. The zero-order chi connectivity index (χ0) is 29.0. The van der Waals surface area contributed by atoms with Gasteiger partial charge in [-0.3, -0.25) is 9.67 Å². The molecular weight excluding hydrogens is 540 g/mol. The molecule has 1 saturated carbocycles. The predicted molar refractivity (Wildman–Crippen MR) is 156 cm³/mol. The molecule has 4 heterocycles. The average Bonchev–Trinajstić information content (AvgIpc) is 3.48. The minimum Gasteiger partial charge on any atom is -0.474 e. The minimum absolute atomic E-state index is 0.0345. The third kappa shape index (κ3) is 7.22. The first-order chi connectivity index (χ1) is 19.7. The number of nitrogens with zero attached hydrogens (tertiary/aromatic N) is 6. The zero-order valence-electron chi connectivity index (χ0n) is 24.0. The molecule has 0 aromatic carbocycles. The van der Waals surface area contributed by atoms with E-state index in [1.54, 1.807) is 17.1 Å². The van der Waals surface area contributed by atoms with Gasteiger partial charge in [0, 0.05) is 66.2 Å². The van der Waals surface area contributed by atoms with E-state index in [0.29, 0.717) is 43.7 Å². The molecular formula is C28H36N8O4Si. The van der Waals surface area contributed by atoms with Crippen molar-refractivity contribution >= 4 is 38.3 Å². The van der Waals surface area contributed by atoms with Gasteiger partial charge in [0.25, 0.3) is 0 Å². The number of ether oxygens (including phenoxy) is 3. The lowest BCUT2D eigenvalue weighted by Crippen LogP contribution is -2.50. The molecule has 0 aliphatic heterocycles. The molecule has 0 unspecified atom stereocenters. The van der Waals surface area contributed by atoms with Gasteiger partial charge in [0.2, 0.25) is 11.8 Å². The Kier molecular flexibility index (Phi) is 8.54. The number of aryl methyl sites for hydroxylation is 1. The molecule has 1 aliphatic carbocycles. The zero-order valence-corrected chi connectivity index (χ0v) is 25.0. The van der Waals surface area contributed by atoms with Crippen LogP contribution in [-0.2, 0) is 23.3 Å². The van der Waals surface area contributed by atoms with Crippen LogP contribution >= 0.6 is 0 Å². The molecule has 0 bridgehead atoms. The summed E-state index contributed by atoms with van der Waals surface area (Å²) in [5.74, 6) is 0.821. The molecule has 1 aliphatic rings. The lowest BCUT2D eigenvalue weighted by atomic mass is 9.89. The van der Waals surface area contributed by atoms with Gasteiger partial charge in [-0.2, -0.15) is 15.1 Å². The van der Waals surface area contributed by atoms with Gasteiger partial charge < -0.3 is 29.4 Å². The topological polar surface area (TPSA) is 130 Å². The van der Waals surface area contributed by atoms with Gasteiger partial charge in [-0.1, -0.05) is 12.6 Å². The number of carbonyl (C=O) groups excluding carboxylic acids is 1. The van der Waals surface area contributed by atoms with E-state index in [9.17, 15) is 4.79 Å². The lowest BCUT2D eigenvalue weighted by Gasteiger charge is -2.35. The van der Waals surface area contributed by atoms with E-state index in [1.807, 2.05) is 63.0 Å². The summed E-state index contributed by atoms with van der Waals surface area (Å²) in [6, 6.07) is 6.75. The van der Waals surface area contributed by atoms with Crippen LogP contribution in [0.3, 0.4) is 0 Å². The summed E-state index contributed by atoms with van der Waals surface area (Å²) >= 11 is 0. The maximum Gasteiger partial charge on any atom is 0.407 e. The second kappa shape index (κ2) is 12.3. The SMILES string of the molecule is C[Si]CCOCn1cc(-c2ccccn2)c2c(OC3CC(NC(=O)OC(C)(C)C)C3)nc(Nc3cnn(C)c3)nc21. The second-order valence-corrected chi connectivity index (χ2v) is 12.2. The highest BCUT2D eigenvalue weighted by atomic mass is 28.2. The quantitative estimate of drug-likeness (QED) is 0.195. The van der Waals surface area contributed by atoms with Crippen LogP contribution in [0.1, 0.15) is 33.6 Å². The number of carbonyl (C=O) groups is 1. The third-order valence-corrected chi connectivity index (χ3v) is 7.11. The smallest absolute Gasteiger partial charge is 0.407 e. The Hall–Kier alpha value is -3.97. The predicted octanol–water partition coefficient (Wildman–Crippen LogP) is 4.55. The fourth-order valence-electron chi connectivity index (χ4n) is 4.47.